The summed E-state index contributed by atoms with van der Waals surface area (Å²) in [5.41, 5.74) is 0.599. The van der Waals surface area contributed by atoms with Gasteiger partial charge in [-0.05, 0) is 41.4 Å². The Kier molecular flexibility index (Phi) is 4.46. The summed E-state index contributed by atoms with van der Waals surface area (Å²) >= 11 is 1.53. The van der Waals surface area contributed by atoms with Gasteiger partial charge in [0.2, 0.25) is 0 Å². The van der Waals surface area contributed by atoms with Crippen LogP contribution in [0.15, 0.2) is 35.7 Å². The zero-order valence-electron chi connectivity index (χ0n) is 13.6. The number of fused-ring (bicyclic) bond motifs is 1. The van der Waals surface area contributed by atoms with Gasteiger partial charge in [-0.2, -0.15) is 4.57 Å². The molecule has 0 aliphatic carbocycles. The van der Waals surface area contributed by atoms with Crippen molar-refractivity contribution in [3.8, 4) is 11.5 Å². The molecule has 0 bridgehead atoms. The quantitative estimate of drug-likeness (QED) is 0.671. The van der Waals surface area contributed by atoms with Crippen LogP contribution in [0.2, 0.25) is 0 Å². The molecule has 6 heteroatoms. The predicted molar refractivity (Wildman–Crippen MR) is 88.0 cm³/mol. The Balaban J connectivity index is 2.13. The van der Waals surface area contributed by atoms with E-state index in [0.29, 0.717) is 22.8 Å². The van der Waals surface area contributed by atoms with E-state index >= 15 is 0 Å². The number of rotatable bonds is 5. The molecule has 1 aromatic carbocycles. The van der Waals surface area contributed by atoms with Crippen LogP contribution in [-0.4, -0.2) is 30.1 Å². The molecule has 1 atom stereocenters. The van der Waals surface area contributed by atoms with Crippen molar-refractivity contribution in [2.75, 3.05) is 20.0 Å². The van der Waals surface area contributed by atoms with Crippen LogP contribution in [0.1, 0.15) is 24.5 Å². The number of aliphatic hydroxyl groups is 1. The molecule has 2 aromatic rings. The SMILES string of the molecule is CCCc1cnc2[n+](c1)C(O)(c1cc(OC)ccc1OC)CS2. The van der Waals surface area contributed by atoms with Gasteiger partial charge in [0.15, 0.2) is 0 Å². The zero-order valence-corrected chi connectivity index (χ0v) is 14.4. The molecule has 0 radical (unpaired) electrons. The topological polar surface area (TPSA) is 55.5 Å². The highest BCUT2D eigenvalue weighted by Gasteiger charge is 2.48. The molecule has 1 aromatic heterocycles. The summed E-state index contributed by atoms with van der Waals surface area (Å²) in [5, 5.41) is 12.2. The first kappa shape index (κ1) is 16.1. The van der Waals surface area contributed by atoms with Gasteiger partial charge in [0.25, 0.3) is 5.72 Å². The lowest BCUT2D eigenvalue weighted by molar-refractivity contribution is -0.817. The normalized spacial score (nSPS) is 19.5. The van der Waals surface area contributed by atoms with Crippen molar-refractivity contribution < 1.29 is 19.1 Å². The Bertz CT molecular complexity index is 723. The Morgan fingerprint density at radius 2 is 2.17 bits per heavy atom. The summed E-state index contributed by atoms with van der Waals surface area (Å²) in [7, 11) is 3.22. The molecule has 0 saturated carbocycles. The molecule has 0 spiro atoms. The number of benzene rings is 1. The second-order valence-electron chi connectivity index (χ2n) is 5.54. The van der Waals surface area contributed by atoms with Crippen molar-refractivity contribution in [2.24, 2.45) is 0 Å². The Morgan fingerprint density at radius 1 is 1.35 bits per heavy atom. The third-order valence-electron chi connectivity index (χ3n) is 4.02. The van der Waals surface area contributed by atoms with Crippen molar-refractivity contribution in [2.45, 2.75) is 30.6 Å². The van der Waals surface area contributed by atoms with Gasteiger partial charge in [0, 0.05) is 5.56 Å². The standard InChI is InChI=1S/C17H21N2O3S/c1-4-5-12-9-18-16-19(10-12)17(20,11-23-16)14-8-13(21-2)6-7-15(14)22-3/h6-10,20H,4-5,11H2,1-3H3/q+1. The number of nitrogens with zero attached hydrogens (tertiary/aromatic N) is 2. The molecule has 5 nitrogen and oxygen atoms in total. The van der Waals surface area contributed by atoms with Gasteiger partial charge in [-0.3, -0.25) is 0 Å². The van der Waals surface area contributed by atoms with Crippen molar-refractivity contribution in [1.82, 2.24) is 4.98 Å². The predicted octanol–water partition coefficient (Wildman–Crippen LogP) is 2.14. The number of hydrogen-bond acceptors (Lipinski definition) is 5. The first-order valence-electron chi connectivity index (χ1n) is 7.61. The Labute approximate surface area is 140 Å². The first-order valence-corrected chi connectivity index (χ1v) is 8.59. The van der Waals surface area contributed by atoms with Gasteiger partial charge in [0.05, 0.1) is 25.5 Å². The van der Waals surface area contributed by atoms with Crippen molar-refractivity contribution in [3.63, 3.8) is 0 Å². The van der Waals surface area contributed by atoms with Crippen molar-refractivity contribution in [3.05, 3.63) is 41.7 Å². The van der Waals surface area contributed by atoms with Gasteiger partial charge >= 0.3 is 5.16 Å². The van der Waals surface area contributed by atoms with E-state index in [1.54, 1.807) is 14.2 Å². The second-order valence-corrected chi connectivity index (χ2v) is 6.48. The Hall–Kier alpha value is -1.79. The minimum atomic E-state index is -1.20. The van der Waals surface area contributed by atoms with E-state index < -0.39 is 5.72 Å². The average molecular weight is 333 g/mol. The summed E-state index contributed by atoms with van der Waals surface area (Å²) in [4.78, 5) is 4.49. The number of thioether (sulfide) groups is 1. The van der Waals surface area contributed by atoms with Crippen molar-refractivity contribution in [1.29, 1.82) is 0 Å². The molecule has 3 rings (SSSR count). The van der Waals surface area contributed by atoms with E-state index in [-0.39, 0.29) is 0 Å². The monoisotopic (exact) mass is 333 g/mol. The minimum absolute atomic E-state index is 0.485. The molecule has 1 aliphatic rings. The van der Waals surface area contributed by atoms with Gasteiger partial charge in [-0.25, -0.2) is 0 Å². The number of hydrogen-bond donors (Lipinski definition) is 1. The molecule has 0 saturated heterocycles. The van der Waals surface area contributed by atoms with Gasteiger partial charge in [-0.15, -0.1) is 0 Å². The van der Waals surface area contributed by atoms with Crippen LogP contribution >= 0.6 is 11.8 Å². The summed E-state index contributed by atoms with van der Waals surface area (Å²) in [6, 6.07) is 5.47. The summed E-state index contributed by atoms with van der Waals surface area (Å²) in [5.74, 6) is 1.81. The first-order chi connectivity index (χ1) is 11.1. The maximum absolute atomic E-state index is 11.4. The zero-order chi connectivity index (χ0) is 16.4. The molecule has 23 heavy (non-hydrogen) atoms. The number of aromatic nitrogens is 2. The molecule has 1 aliphatic heterocycles. The molecular formula is C17H21N2O3S+. The third-order valence-corrected chi connectivity index (χ3v) is 5.13. The van der Waals surface area contributed by atoms with Gasteiger partial charge in [0.1, 0.15) is 23.9 Å². The maximum atomic E-state index is 11.4. The van der Waals surface area contributed by atoms with Gasteiger partial charge < -0.3 is 14.6 Å². The van der Waals surface area contributed by atoms with E-state index in [2.05, 4.69) is 11.9 Å². The van der Waals surface area contributed by atoms with E-state index in [1.807, 2.05) is 35.2 Å². The van der Waals surface area contributed by atoms with E-state index in [9.17, 15) is 5.11 Å². The lowest BCUT2D eigenvalue weighted by atomic mass is 10.0. The van der Waals surface area contributed by atoms with Crippen LogP contribution in [0, 0.1) is 0 Å². The summed E-state index contributed by atoms with van der Waals surface area (Å²) in [6.07, 6.45) is 5.85. The molecular weight excluding hydrogens is 312 g/mol. The highest BCUT2D eigenvalue weighted by molar-refractivity contribution is 7.99. The Morgan fingerprint density at radius 3 is 2.87 bits per heavy atom. The van der Waals surface area contributed by atoms with Crippen LogP contribution in [0.4, 0.5) is 0 Å². The smallest absolute Gasteiger partial charge is 0.362 e. The van der Waals surface area contributed by atoms with Crippen LogP contribution in [-0.2, 0) is 12.1 Å². The summed E-state index contributed by atoms with van der Waals surface area (Å²) in [6.45, 7) is 2.13. The highest BCUT2D eigenvalue weighted by Crippen LogP contribution is 2.38. The van der Waals surface area contributed by atoms with E-state index in [4.69, 9.17) is 9.47 Å². The molecule has 0 fully saturated rings. The minimum Gasteiger partial charge on any atom is -0.497 e. The molecule has 2 heterocycles. The fraction of sp³-hybridized carbons (Fsp3) is 0.412. The van der Waals surface area contributed by atoms with Crippen molar-refractivity contribution >= 4 is 11.8 Å². The van der Waals surface area contributed by atoms with Crippen LogP contribution < -0.4 is 14.0 Å². The van der Waals surface area contributed by atoms with E-state index in [1.165, 1.54) is 11.8 Å². The van der Waals surface area contributed by atoms with Crippen LogP contribution in [0.5, 0.6) is 11.5 Å². The summed E-state index contributed by atoms with van der Waals surface area (Å²) < 4.78 is 12.6. The third kappa shape index (κ3) is 2.77. The second kappa shape index (κ2) is 6.37. The molecule has 1 unspecified atom stereocenters. The molecule has 122 valence electrons. The fourth-order valence-electron chi connectivity index (χ4n) is 2.81. The van der Waals surface area contributed by atoms with E-state index in [0.717, 1.165) is 23.6 Å². The molecule has 1 N–H and O–H groups in total. The molecule has 0 amide bonds. The number of ether oxygens (including phenoxy) is 2. The number of methoxy groups -OCH3 is 2. The number of aryl methyl sites for hydroxylation is 1. The largest absolute Gasteiger partial charge is 0.497 e. The lowest BCUT2D eigenvalue weighted by Crippen LogP contribution is -2.56. The maximum Gasteiger partial charge on any atom is 0.362 e. The van der Waals surface area contributed by atoms with Crippen LogP contribution in [0.25, 0.3) is 0 Å². The average Bonchev–Trinajstić information content (AvgIpc) is 2.92. The fourth-order valence-corrected chi connectivity index (χ4v) is 3.91. The van der Waals surface area contributed by atoms with Gasteiger partial charge in [-0.1, -0.05) is 13.3 Å². The highest BCUT2D eigenvalue weighted by atomic mass is 32.2. The lowest BCUT2D eigenvalue weighted by Gasteiger charge is -2.23. The van der Waals surface area contributed by atoms with Crippen LogP contribution in [0.3, 0.4) is 0 Å².